The highest BCUT2D eigenvalue weighted by Crippen LogP contribution is 2.38. The van der Waals surface area contributed by atoms with Crippen LogP contribution < -0.4 is 10.2 Å². The number of phosphoric ester groups is 1. The summed E-state index contributed by atoms with van der Waals surface area (Å²) in [5, 5.41) is 13.9. The molecule has 496 valence electrons. The van der Waals surface area contributed by atoms with E-state index in [1.165, 1.54) is 186 Å². The molecule has 3 unspecified atom stereocenters. The van der Waals surface area contributed by atoms with Crippen LogP contribution in [-0.4, -0.2) is 68.5 Å². The van der Waals surface area contributed by atoms with Crippen molar-refractivity contribution >= 4 is 13.7 Å². The van der Waals surface area contributed by atoms with Crippen molar-refractivity contribution in [3.63, 3.8) is 0 Å². The Labute approximate surface area is 533 Å². The van der Waals surface area contributed by atoms with Gasteiger partial charge in [-0.05, 0) is 96.3 Å². The third-order valence-electron chi connectivity index (χ3n) is 15.7. The highest BCUT2D eigenvalue weighted by molar-refractivity contribution is 7.45. The van der Waals surface area contributed by atoms with E-state index >= 15 is 0 Å². The molecule has 0 bridgehead atoms. The molecule has 0 heterocycles. The molecule has 0 aromatic heterocycles. The molecule has 86 heavy (non-hydrogen) atoms. The molecule has 1 amide bonds. The summed E-state index contributed by atoms with van der Waals surface area (Å²) in [6.45, 7) is 4.53. The largest absolute Gasteiger partial charge is 0.756 e. The molecule has 2 N–H and O–H groups in total. The maximum absolute atomic E-state index is 13.0. The molecule has 0 spiro atoms. The quantitative estimate of drug-likeness (QED) is 0.0272. The van der Waals surface area contributed by atoms with Crippen LogP contribution in [0.1, 0.15) is 309 Å². The van der Waals surface area contributed by atoms with Crippen LogP contribution in [-0.2, 0) is 18.4 Å². The molecule has 0 aromatic carbocycles. The number of allylic oxidation sites excluding steroid dienone is 19. The van der Waals surface area contributed by atoms with Crippen LogP contribution >= 0.6 is 7.82 Å². The van der Waals surface area contributed by atoms with Gasteiger partial charge >= 0.3 is 0 Å². The Balaban J connectivity index is 4.16. The average molecular weight is 1220 g/mol. The van der Waals surface area contributed by atoms with Crippen molar-refractivity contribution in [2.75, 3.05) is 40.9 Å². The second kappa shape index (κ2) is 66.3. The molecule has 0 aliphatic heterocycles. The van der Waals surface area contributed by atoms with Gasteiger partial charge in [-0.3, -0.25) is 9.36 Å². The Bertz CT molecular complexity index is 1820. The summed E-state index contributed by atoms with van der Waals surface area (Å²) in [6, 6.07) is -0.919. The summed E-state index contributed by atoms with van der Waals surface area (Å²) >= 11 is 0. The van der Waals surface area contributed by atoms with Crippen molar-refractivity contribution in [1.82, 2.24) is 5.32 Å². The molecule has 0 fully saturated rings. The Hall–Kier alpha value is -3.10. The van der Waals surface area contributed by atoms with Gasteiger partial charge in [0.2, 0.25) is 5.91 Å². The third kappa shape index (κ3) is 68.4. The standard InChI is InChI=1S/C77H137N2O6P/c1-6-8-10-12-14-16-18-20-22-24-26-28-30-32-34-36-38-39-41-43-45-47-49-51-53-55-57-59-61-63-65-67-69-71-77(81)78-75(74-85-86(82,83)84-73-72-79(3,4)5)76(80)70-68-66-64-62-60-58-56-54-52-50-48-46-44-42-40-37-35-33-31-29-27-25-23-21-19-17-15-13-11-9-7-2/h8,10,14,16,20,22,26,28,32,34,38-39,43,45,49,51,60,62,68,70,75-76,80H,6-7,9,11-13,15,17-19,21,23-25,27,29-31,33,35-37,40-42,44,46-48,50,52-59,61,63-67,69,71-74H2,1-5H3,(H-,78,81,82,83)/b10-8-,16-14-,22-20-,28-26-,34-32-,39-38-,45-43-,51-49-,62-60+,70-68+. The lowest BCUT2D eigenvalue weighted by molar-refractivity contribution is -0.870. The van der Waals surface area contributed by atoms with Gasteiger partial charge in [-0.1, -0.05) is 328 Å². The van der Waals surface area contributed by atoms with E-state index < -0.39 is 26.6 Å². The van der Waals surface area contributed by atoms with Crippen molar-refractivity contribution in [3.8, 4) is 0 Å². The van der Waals surface area contributed by atoms with Gasteiger partial charge in [0.1, 0.15) is 13.2 Å². The Morgan fingerprint density at radius 1 is 0.419 bits per heavy atom. The summed E-state index contributed by atoms with van der Waals surface area (Å²) in [7, 11) is 1.23. The Kier molecular flexibility index (Phi) is 63.9. The first-order chi connectivity index (χ1) is 42.0. The van der Waals surface area contributed by atoms with Gasteiger partial charge < -0.3 is 28.8 Å². The Morgan fingerprint density at radius 2 is 0.721 bits per heavy atom. The van der Waals surface area contributed by atoms with Gasteiger partial charge in [-0.25, -0.2) is 0 Å². The van der Waals surface area contributed by atoms with Gasteiger partial charge in [-0.2, -0.15) is 0 Å². The molecule has 0 radical (unpaired) electrons. The first kappa shape index (κ1) is 82.9. The average Bonchev–Trinajstić information content (AvgIpc) is 3.70. The van der Waals surface area contributed by atoms with Crippen LogP contribution in [0.15, 0.2) is 122 Å². The number of carbonyl (C=O) groups is 1. The molecular formula is C77H137N2O6P. The molecule has 0 saturated heterocycles. The zero-order chi connectivity index (χ0) is 62.6. The van der Waals surface area contributed by atoms with E-state index in [2.05, 4.69) is 129 Å². The van der Waals surface area contributed by atoms with Crippen LogP contribution in [0.5, 0.6) is 0 Å². The van der Waals surface area contributed by atoms with E-state index in [1.807, 2.05) is 27.2 Å². The van der Waals surface area contributed by atoms with Crippen LogP contribution in [0.3, 0.4) is 0 Å². The van der Waals surface area contributed by atoms with Crippen molar-refractivity contribution in [3.05, 3.63) is 122 Å². The lowest BCUT2D eigenvalue weighted by Gasteiger charge is -2.29. The third-order valence-corrected chi connectivity index (χ3v) is 16.6. The first-order valence-electron chi connectivity index (χ1n) is 35.9. The number of amides is 1. The fourth-order valence-corrected chi connectivity index (χ4v) is 10.9. The van der Waals surface area contributed by atoms with Gasteiger partial charge in [0.25, 0.3) is 7.82 Å². The molecule has 0 rings (SSSR count). The van der Waals surface area contributed by atoms with E-state index in [0.717, 1.165) is 103 Å². The van der Waals surface area contributed by atoms with Gasteiger partial charge in [0.05, 0.1) is 39.9 Å². The smallest absolute Gasteiger partial charge is 0.268 e. The number of phosphoric acid groups is 1. The van der Waals surface area contributed by atoms with Crippen LogP contribution in [0.25, 0.3) is 0 Å². The van der Waals surface area contributed by atoms with E-state index in [-0.39, 0.29) is 12.5 Å². The molecule has 8 nitrogen and oxygen atoms in total. The number of nitrogens with one attached hydrogen (secondary N) is 1. The topological polar surface area (TPSA) is 108 Å². The maximum Gasteiger partial charge on any atom is 0.268 e. The molecular weight excluding hydrogens is 1080 g/mol. The Morgan fingerprint density at radius 3 is 1.08 bits per heavy atom. The van der Waals surface area contributed by atoms with Gasteiger partial charge in [0, 0.05) is 6.42 Å². The number of aliphatic hydroxyl groups is 1. The monoisotopic (exact) mass is 1220 g/mol. The zero-order valence-electron chi connectivity index (χ0n) is 56.7. The molecule has 0 aliphatic carbocycles. The predicted molar refractivity (Wildman–Crippen MR) is 375 cm³/mol. The van der Waals surface area contributed by atoms with E-state index in [4.69, 9.17) is 9.05 Å². The summed E-state index contributed by atoms with van der Waals surface area (Å²) in [4.78, 5) is 25.6. The van der Waals surface area contributed by atoms with Crippen molar-refractivity contribution in [2.45, 2.75) is 321 Å². The second-order valence-corrected chi connectivity index (χ2v) is 26.6. The number of rotatable bonds is 65. The van der Waals surface area contributed by atoms with Crippen LogP contribution in [0.4, 0.5) is 0 Å². The lowest BCUT2D eigenvalue weighted by Crippen LogP contribution is -2.45. The minimum atomic E-state index is -4.62. The maximum atomic E-state index is 13.0. The molecule has 0 aliphatic rings. The second-order valence-electron chi connectivity index (χ2n) is 25.2. The number of hydrogen-bond acceptors (Lipinski definition) is 6. The predicted octanol–water partition coefficient (Wildman–Crippen LogP) is 22.6. The highest BCUT2D eigenvalue weighted by atomic mass is 31.2. The normalized spacial score (nSPS) is 14.4. The fourth-order valence-electron chi connectivity index (χ4n) is 10.1. The van der Waals surface area contributed by atoms with E-state index in [1.54, 1.807) is 6.08 Å². The van der Waals surface area contributed by atoms with Crippen LogP contribution in [0.2, 0.25) is 0 Å². The van der Waals surface area contributed by atoms with Crippen LogP contribution in [0, 0.1) is 0 Å². The SMILES string of the molecule is CC/C=C\C/C=C\C/C=C\C/C=C\C/C=C\C/C=C\C/C=C\C/C=C\CCCCCCCCCCC(=O)NC(COP(=O)([O-])OCC[N+](C)(C)C)C(O)/C=C/CC/C=C/CCCCCCCCCCCCCCCCCCCCCCCCCCC. The van der Waals surface area contributed by atoms with Crippen molar-refractivity contribution in [1.29, 1.82) is 0 Å². The number of aliphatic hydroxyl groups excluding tert-OH is 1. The fraction of sp³-hybridized carbons (Fsp3) is 0.727. The molecule has 3 atom stereocenters. The molecule has 0 saturated carbocycles. The minimum Gasteiger partial charge on any atom is -0.756 e. The first-order valence-corrected chi connectivity index (χ1v) is 37.4. The summed E-state index contributed by atoms with van der Waals surface area (Å²) in [5.74, 6) is -0.218. The zero-order valence-corrected chi connectivity index (χ0v) is 57.6. The minimum absolute atomic E-state index is 0.0138. The molecule has 9 heteroatoms. The van der Waals surface area contributed by atoms with Crippen molar-refractivity contribution < 1.29 is 32.9 Å². The summed E-state index contributed by atoms with van der Waals surface area (Å²) in [6.07, 6.45) is 99.0. The number of likely N-dealkylation sites (N-methyl/N-ethyl adjacent to an activating group) is 1. The summed E-state index contributed by atoms with van der Waals surface area (Å²) in [5.41, 5.74) is 0. The number of quaternary nitrogens is 1. The highest BCUT2D eigenvalue weighted by Gasteiger charge is 2.23. The molecule has 0 aromatic rings. The lowest BCUT2D eigenvalue weighted by atomic mass is 10.0. The van der Waals surface area contributed by atoms with Gasteiger partial charge in [0.15, 0.2) is 0 Å². The number of unbranched alkanes of at least 4 members (excludes halogenated alkanes) is 34. The summed E-state index contributed by atoms with van der Waals surface area (Å²) < 4.78 is 23.4. The number of carbonyl (C=O) groups excluding carboxylic acids is 1. The number of hydrogen-bond donors (Lipinski definition) is 2. The van der Waals surface area contributed by atoms with E-state index in [0.29, 0.717) is 17.4 Å². The van der Waals surface area contributed by atoms with Gasteiger partial charge in [-0.15, -0.1) is 0 Å². The van der Waals surface area contributed by atoms with E-state index in [9.17, 15) is 19.4 Å². The number of nitrogens with zero attached hydrogens (tertiary/aromatic N) is 1. The van der Waals surface area contributed by atoms with Crippen molar-refractivity contribution in [2.24, 2.45) is 0 Å².